The van der Waals surface area contributed by atoms with Gasteiger partial charge in [-0.25, -0.2) is 0 Å². The normalized spacial score (nSPS) is 10.2. The topological polar surface area (TPSA) is 77.0 Å². The number of methoxy groups -OCH3 is 3. The Morgan fingerprint density at radius 3 is 2.20 bits per heavy atom. The van der Waals surface area contributed by atoms with Crippen LogP contribution in [-0.2, 0) is 11.3 Å². The third kappa shape index (κ3) is 4.62. The van der Waals surface area contributed by atoms with E-state index in [0.717, 1.165) is 5.56 Å². The van der Waals surface area contributed by atoms with Gasteiger partial charge in [0.25, 0.3) is 0 Å². The number of rotatable bonds is 9. The summed E-state index contributed by atoms with van der Waals surface area (Å²) in [7, 11) is 4.70. The second-order valence-electron chi connectivity index (χ2n) is 4.21. The van der Waals surface area contributed by atoms with E-state index in [0.29, 0.717) is 36.8 Å². The molecule has 2 N–H and O–H groups in total. The largest absolute Gasteiger partial charge is 0.493 e. The van der Waals surface area contributed by atoms with Crippen molar-refractivity contribution in [1.29, 1.82) is 0 Å². The maximum Gasteiger partial charge on any atom is 0.303 e. The lowest BCUT2D eigenvalue weighted by Gasteiger charge is -2.14. The summed E-state index contributed by atoms with van der Waals surface area (Å²) >= 11 is 0. The van der Waals surface area contributed by atoms with Gasteiger partial charge in [0.05, 0.1) is 21.3 Å². The highest BCUT2D eigenvalue weighted by molar-refractivity contribution is 5.66. The van der Waals surface area contributed by atoms with Crippen molar-refractivity contribution in [3.8, 4) is 17.2 Å². The lowest BCUT2D eigenvalue weighted by molar-refractivity contribution is -0.137. The van der Waals surface area contributed by atoms with Gasteiger partial charge in [-0.2, -0.15) is 0 Å². The second kappa shape index (κ2) is 8.27. The second-order valence-corrected chi connectivity index (χ2v) is 4.21. The highest BCUT2D eigenvalue weighted by Gasteiger charge is 2.12. The molecule has 0 unspecified atom stereocenters. The maximum absolute atomic E-state index is 10.4. The summed E-state index contributed by atoms with van der Waals surface area (Å²) in [6.45, 7) is 1.25. The van der Waals surface area contributed by atoms with Crippen LogP contribution < -0.4 is 19.5 Å². The third-order valence-corrected chi connectivity index (χ3v) is 2.80. The predicted octanol–water partition coefficient (Wildman–Crippen LogP) is 1.67. The monoisotopic (exact) mass is 283 g/mol. The number of carboxylic acid groups (broad SMARTS) is 1. The summed E-state index contributed by atoms with van der Waals surface area (Å²) in [5, 5.41) is 11.7. The van der Waals surface area contributed by atoms with Gasteiger partial charge in [0.1, 0.15) is 0 Å². The van der Waals surface area contributed by atoms with Crippen LogP contribution in [0, 0.1) is 0 Å². The van der Waals surface area contributed by atoms with Crippen molar-refractivity contribution >= 4 is 5.97 Å². The average Bonchev–Trinajstić information content (AvgIpc) is 2.45. The molecule has 0 atom stereocenters. The molecule has 6 nitrogen and oxygen atoms in total. The Balaban J connectivity index is 2.64. The molecule has 6 heteroatoms. The minimum absolute atomic E-state index is 0.169. The van der Waals surface area contributed by atoms with Crippen LogP contribution in [0.1, 0.15) is 18.4 Å². The Morgan fingerprint density at radius 2 is 1.75 bits per heavy atom. The van der Waals surface area contributed by atoms with Crippen molar-refractivity contribution in [2.24, 2.45) is 0 Å². The number of benzene rings is 1. The van der Waals surface area contributed by atoms with Crippen LogP contribution in [-0.4, -0.2) is 38.9 Å². The Hall–Kier alpha value is -1.95. The van der Waals surface area contributed by atoms with Crippen LogP contribution in [0.2, 0.25) is 0 Å². The van der Waals surface area contributed by atoms with E-state index in [4.69, 9.17) is 19.3 Å². The molecule has 1 aromatic carbocycles. The van der Waals surface area contributed by atoms with Gasteiger partial charge in [0.2, 0.25) is 5.75 Å². The van der Waals surface area contributed by atoms with Crippen LogP contribution in [0.3, 0.4) is 0 Å². The van der Waals surface area contributed by atoms with Gasteiger partial charge in [0.15, 0.2) is 11.5 Å². The summed E-state index contributed by atoms with van der Waals surface area (Å²) in [5.74, 6) is 0.993. The van der Waals surface area contributed by atoms with Gasteiger partial charge in [-0.1, -0.05) is 0 Å². The smallest absolute Gasteiger partial charge is 0.303 e. The van der Waals surface area contributed by atoms with E-state index in [-0.39, 0.29) is 6.42 Å². The molecule has 0 aliphatic heterocycles. The first kappa shape index (κ1) is 16.1. The van der Waals surface area contributed by atoms with E-state index >= 15 is 0 Å². The highest BCUT2D eigenvalue weighted by Crippen LogP contribution is 2.38. The minimum atomic E-state index is -0.778. The van der Waals surface area contributed by atoms with Crippen molar-refractivity contribution in [2.45, 2.75) is 19.4 Å². The van der Waals surface area contributed by atoms with Crippen LogP contribution in [0.25, 0.3) is 0 Å². The Bertz CT molecular complexity index is 422. The lowest BCUT2D eigenvalue weighted by Crippen LogP contribution is -2.16. The van der Waals surface area contributed by atoms with Gasteiger partial charge in [-0.05, 0) is 30.7 Å². The fourth-order valence-corrected chi connectivity index (χ4v) is 1.83. The number of carbonyl (C=O) groups is 1. The number of hydrogen-bond donors (Lipinski definition) is 2. The Morgan fingerprint density at radius 1 is 1.15 bits per heavy atom. The molecule has 0 aliphatic rings. The molecule has 0 amide bonds. The summed E-state index contributed by atoms with van der Waals surface area (Å²) in [6, 6.07) is 3.73. The van der Waals surface area contributed by atoms with Crippen LogP contribution in [0.15, 0.2) is 12.1 Å². The molecule has 0 saturated carbocycles. The van der Waals surface area contributed by atoms with Gasteiger partial charge in [-0.3, -0.25) is 4.79 Å². The third-order valence-electron chi connectivity index (χ3n) is 2.80. The molecular formula is C14H21NO5. The van der Waals surface area contributed by atoms with Crippen molar-refractivity contribution in [3.63, 3.8) is 0 Å². The van der Waals surface area contributed by atoms with Gasteiger partial charge in [-0.15, -0.1) is 0 Å². The summed E-state index contributed by atoms with van der Waals surface area (Å²) in [4.78, 5) is 10.4. The first-order chi connectivity index (χ1) is 9.62. The SMILES string of the molecule is COc1cc(CNCCCC(=O)O)cc(OC)c1OC. The van der Waals surface area contributed by atoms with Crippen molar-refractivity contribution in [2.75, 3.05) is 27.9 Å². The Labute approximate surface area is 118 Å². The zero-order valence-electron chi connectivity index (χ0n) is 12.1. The van der Waals surface area contributed by atoms with E-state index in [2.05, 4.69) is 5.32 Å². The molecule has 0 aromatic heterocycles. The maximum atomic E-state index is 10.4. The van der Waals surface area contributed by atoms with E-state index in [9.17, 15) is 4.79 Å². The zero-order valence-corrected chi connectivity index (χ0v) is 12.1. The molecule has 20 heavy (non-hydrogen) atoms. The van der Waals surface area contributed by atoms with Gasteiger partial charge < -0.3 is 24.6 Å². The number of hydrogen-bond acceptors (Lipinski definition) is 5. The fourth-order valence-electron chi connectivity index (χ4n) is 1.83. The predicted molar refractivity (Wildman–Crippen MR) is 74.7 cm³/mol. The van der Waals surface area contributed by atoms with E-state index < -0.39 is 5.97 Å². The molecule has 112 valence electrons. The first-order valence-electron chi connectivity index (χ1n) is 6.33. The standard InChI is InChI=1S/C14H21NO5/c1-18-11-7-10(8-12(19-2)14(11)20-3)9-15-6-4-5-13(16)17/h7-8,15H,4-6,9H2,1-3H3,(H,16,17). The average molecular weight is 283 g/mol. The van der Waals surface area contributed by atoms with Crippen LogP contribution in [0.4, 0.5) is 0 Å². The quantitative estimate of drug-likeness (QED) is 0.671. The molecular weight excluding hydrogens is 262 g/mol. The fraction of sp³-hybridized carbons (Fsp3) is 0.500. The van der Waals surface area contributed by atoms with Crippen LogP contribution in [0.5, 0.6) is 17.2 Å². The molecule has 1 rings (SSSR count). The van der Waals surface area contributed by atoms with E-state index in [1.807, 2.05) is 12.1 Å². The van der Waals surface area contributed by atoms with Gasteiger partial charge in [0, 0.05) is 13.0 Å². The Kier molecular flexibility index (Phi) is 6.66. The molecule has 0 aliphatic carbocycles. The van der Waals surface area contributed by atoms with Crippen molar-refractivity contribution < 1.29 is 24.1 Å². The highest BCUT2D eigenvalue weighted by atomic mass is 16.5. The summed E-state index contributed by atoms with van der Waals surface area (Å²) in [6.07, 6.45) is 0.766. The number of ether oxygens (including phenoxy) is 3. The number of carboxylic acids is 1. The molecule has 0 fully saturated rings. The lowest BCUT2D eigenvalue weighted by atomic mass is 10.1. The molecule has 0 bridgehead atoms. The summed E-state index contributed by atoms with van der Waals surface area (Å²) in [5.41, 5.74) is 0.981. The molecule has 0 heterocycles. The molecule has 0 spiro atoms. The van der Waals surface area contributed by atoms with Crippen molar-refractivity contribution in [3.05, 3.63) is 17.7 Å². The van der Waals surface area contributed by atoms with Crippen LogP contribution >= 0.6 is 0 Å². The first-order valence-corrected chi connectivity index (χ1v) is 6.33. The number of aliphatic carboxylic acids is 1. The van der Waals surface area contributed by atoms with Gasteiger partial charge >= 0.3 is 5.97 Å². The number of nitrogens with one attached hydrogen (secondary N) is 1. The summed E-state index contributed by atoms with van der Waals surface area (Å²) < 4.78 is 15.8. The minimum Gasteiger partial charge on any atom is -0.493 e. The molecule has 1 aromatic rings. The molecule has 0 radical (unpaired) electrons. The van der Waals surface area contributed by atoms with E-state index in [1.165, 1.54) is 0 Å². The van der Waals surface area contributed by atoms with E-state index in [1.54, 1.807) is 21.3 Å². The molecule has 0 saturated heterocycles. The zero-order chi connectivity index (χ0) is 15.0. The van der Waals surface area contributed by atoms with Crippen molar-refractivity contribution in [1.82, 2.24) is 5.32 Å².